The Morgan fingerprint density at radius 2 is 1.72 bits per heavy atom. The number of H-pyrrole nitrogens is 1. The molecule has 3 fully saturated rings. The number of hydrogen-bond donors (Lipinski definition) is 1. The molecular weight excluding hydrogens is 657 g/mol. The number of aryl methyl sites for hydroxylation is 1. The highest BCUT2D eigenvalue weighted by Crippen LogP contribution is 2.69. The van der Waals surface area contributed by atoms with Crippen LogP contribution in [0.1, 0.15) is 39.5 Å². The number of alkyl halides is 3. The summed E-state index contributed by atoms with van der Waals surface area (Å²) in [5, 5.41) is 1.14. The number of rotatable bonds is 5. The summed E-state index contributed by atoms with van der Waals surface area (Å²) in [7, 11) is 0. The number of aromatic amines is 1. The standard InChI is InChI=1S/C34H26ClF3N2O4S2/c1-15-5-7-16(8-6-15)14-44-23-10-9-18(35)12-20(23)24-25-21-13-22(28(25)45-30-29(24)46-33(43)39-30)27-26(21)31(41)40(32(27)42)19-4-2-3-17(11-19)34(36,37)38/h2-12,21-22,24-28H,13-14H2,1H3,(H,39,43)/t21?,22?,24-,25?,26?,27?,28?/m1/s1. The lowest BCUT2D eigenvalue weighted by Gasteiger charge is -2.43. The molecule has 0 radical (unpaired) electrons. The minimum atomic E-state index is -4.61. The number of imide groups is 1. The lowest BCUT2D eigenvalue weighted by molar-refractivity contribution is -0.137. The van der Waals surface area contributed by atoms with Gasteiger partial charge in [0, 0.05) is 26.6 Å². The molecule has 2 aliphatic carbocycles. The third-order valence-corrected chi connectivity index (χ3v) is 12.8. The van der Waals surface area contributed by atoms with Crippen molar-refractivity contribution in [3.05, 3.63) is 109 Å². The van der Waals surface area contributed by atoms with E-state index < -0.39 is 35.4 Å². The second kappa shape index (κ2) is 10.7. The van der Waals surface area contributed by atoms with Gasteiger partial charge in [0.2, 0.25) is 11.8 Å². The highest BCUT2D eigenvalue weighted by atomic mass is 35.5. The van der Waals surface area contributed by atoms with E-state index in [0.29, 0.717) is 23.8 Å². The van der Waals surface area contributed by atoms with Gasteiger partial charge in [-0.3, -0.25) is 19.3 Å². The first-order chi connectivity index (χ1) is 22.0. The number of thiazole rings is 1. The molecule has 2 bridgehead atoms. The van der Waals surface area contributed by atoms with Crippen LogP contribution in [0.15, 0.2) is 76.6 Å². The lowest BCUT2D eigenvalue weighted by atomic mass is 9.68. The summed E-state index contributed by atoms with van der Waals surface area (Å²) in [5.74, 6) is -2.47. The molecule has 236 valence electrons. The number of thioether (sulfide) groups is 1. The van der Waals surface area contributed by atoms with Crippen LogP contribution in [0.5, 0.6) is 5.75 Å². The molecule has 12 heteroatoms. The number of nitrogens with zero attached hydrogens (tertiary/aromatic N) is 1. The van der Waals surface area contributed by atoms with Crippen molar-refractivity contribution in [3.63, 3.8) is 0 Å². The number of carbonyl (C=O) groups excluding carboxylic acids is 2. The molecule has 1 saturated heterocycles. The number of halogens is 4. The summed E-state index contributed by atoms with van der Waals surface area (Å²) in [4.78, 5) is 45.2. The number of amides is 2. The molecule has 1 N–H and O–H groups in total. The number of benzene rings is 3. The number of nitrogens with one attached hydrogen (secondary N) is 1. The molecule has 3 aromatic carbocycles. The maximum Gasteiger partial charge on any atom is 0.416 e. The Morgan fingerprint density at radius 1 is 0.978 bits per heavy atom. The summed E-state index contributed by atoms with van der Waals surface area (Å²) < 4.78 is 47.0. The van der Waals surface area contributed by atoms with Crippen LogP contribution in [0.25, 0.3) is 0 Å². The van der Waals surface area contributed by atoms with E-state index in [9.17, 15) is 27.6 Å². The minimum Gasteiger partial charge on any atom is -0.489 e. The van der Waals surface area contributed by atoms with Gasteiger partial charge < -0.3 is 9.72 Å². The van der Waals surface area contributed by atoms with Crippen molar-refractivity contribution >= 4 is 52.2 Å². The fourth-order valence-electron chi connectivity index (χ4n) is 8.18. The zero-order valence-corrected chi connectivity index (χ0v) is 26.6. The first kappa shape index (κ1) is 29.8. The highest BCUT2D eigenvalue weighted by molar-refractivity contribution is 8.00. The number of ether oxygens (including phenoxy) is 1. The molecule has 2 aliphatic heterocycles. The lowest BCUT2D eigenvalue weighted by Crippen LogP contribution is -2.42. The van der Waals surface area contributed by atoms with Crippen LogP contribution in [0, 0.1) is 36.5 Å². The Bertz CT molecular complexity index is 1960. The Hall–Kier alpha value is -3.54. The van der Waals surface area contributed by atoms with Crippen LogP contribution in [0.2, 0.25) is 5.02 Å². The van der Waals surface area contributed by atoms with Gasteiger partial charge in [-0.05, 0) is 73.1 Å². The van der Waals surface area contributed by atoms with Gasteiger partial charge in [-0.15, -0.1) is 11.8 Å². The van der Waals surface area contributed by atoms with Gasteiger partial charge >= 0.3 is 11.0 Å². The van der Waals surface area contributed by atoms with E-state index >= 15 is 0 Å². The monoisotopic (exact) mass is 682 g/mol. The Kier molecular flexibility index (Phi) is 6.97. The molecule has 6 nitrogen and oxygen atoms in total. The van der Waals surface area contributed by atoms with Crippen molar-refractivity contribution in [2.75, 3.05) is 4.90 Å². The average molecular weight is 683 g/mol. The van der Waals surface area contributed by atoms with Crippen molar-refractivity contribution in [1.82, 2.24) is 4.98 Å². The van der Waals surface area contributed by atoms with Gasteiger partial charge in [0.25, 0.3) is 0 Å². The number of hydrogen-bond acceptors (Lipinski definition) is 6. The summed E-state index contributed by atoms with van der Waals surface area (Å²) in [5.41, 5.74) is 1.96. The number of fused-ring (bicyclic) bond motifs is 9. The van der Waals surface area contributed by atoms with Gasteiger partial charge in [-0.25, -0.2) is 0 Å². The van der Waals surface area contributed by atoms with Crippen molar-refractivity contribution < 1.29 is 27.5 Å². The predicted octanol–water partition coefficient (Wildman–Crippen LogP) is 7.67. The first-order valence-electron chi connectivity index (χ1n) is 14.9. The maximum absolute atomic E-state index is 14.0. The number of carbonyl (C=O) groups is 2. The Morgan fingerprint density at radius 3 is 2.46 bits per heavy atom. The molecule has 8 rings (SSSR count). The molecule has 46 heavy (non-hydrogen) atoms. The largest absolute Gasteiger partial charge is 0.489 e. The fraction of sp³-hybridized carbons (Fsp3) is 0.324. The van der Waals surface area contributed by atoms with Crippen molar-refractivity contribution in [1.29, 1.82) is 0 Å². The first-order valence-corrected chi connectivity index (χ1v) is 17.0. The molecule has 6 unspecified atom stereocenters. The van der Waals surface area contributed by atoms with Crippen LogP contribution in [-0.4, -0.2) is 22.0 Å². The van der Waals surface area contributed by atoms with Crippen LogP contribution in [0.4, 0.5) is 18.9 Å². The van der Waals surface area contributed by atoms with E-state index in [1.165, 1.54) is 23.9 Å². The molecule has 4 aromatic rings. The Labute approximate surface area is 274 Å². The van der Waals surface area contributed by atoms with Gasteiger partial charge in [0.1, 0.15) is 12.4 Å². The summed E-state index contributed by atoms with van der Waals surface area (Å²) in [6.07, 6.45) is -3.97. The van der Waals surface area contributed by atoms with E-state index in [2.05, 4.69) is 4.98 Å². The van der Waals surface area contributed by atoms with Crippen LogP contribution >= 0.6 is 34.7 Å². The summed E-state index contributed by atoms with van der Waals surface area (Å²) in [6, 6.07) is 17.9. The van der Waals surface area contributed by atoms with Crippen molar-refractivity contribution in [3.8, 4) is 5.75 Å². The topological polar surface area (TPSA) is 79.5 Å². The smallest absolute Gasteiger partial charge is 0.416 e. The molecule has 2 amide bonds. The molecule has 4 aliphatic rings. The van der Waals surface area contributed by atoms with E-state index in [1.54, 1.807) is 6.07 Å². The normalized spacial score (nSPS) is 27.9. The molecule has 1 aromatic heterocycles. The molecule has 7 atom stereocenters. The number of anilines is 1. The second-order valence-corrected chi connectivity index (χ2v) is 15.1. The molecule has 2 saturated carbocycles. The van der Waals surface area contributed by atoms with Crippen molar-refractivity contribution in [2.24, 2.45) is 29.6 Å². The maximum atomic E-state index is 14.0. The summed E-state index contributed by atoms with van der Waals surface area (Å²) >= 11 is 9.24. The van der Waals surface area contributed by atoms with Crippen LogP contribution < -0.4 is 14.5 Å². The van der Waals surface area contributed by atoms with Gasteiger partial charge in [-0.2, -0.15) is 13.2 Å². The van der Waals surface area contributed by atoms with Crippen molar-refractivity contribution in [2.45, 2.75) is 42.3 Å². The molecule has 0 spiro atoms. The van der Waals surface area contributed by atoms with Gasteiger partial charge in [0.05, 0.1) is 28.1 Å². The average Bonchev–Trinajstić information content (AvgIpc) is 3.75. The van der Waals surface area contributed by atoms with E-state index in [1.807, 2.05) is 43.3 Å². The predicted molar refractivity (Wildman–Crippen MR) is 169 cm³/mol. The Balaban J connectivity index is 1.18. The SMILES string of the molecule is Cc1ccc(COc2ccc(Cl)cc2[C@H]2c3sc(=O)[nH]c3SC3C4CC(C5C(=O)N(c6cccc(C(F)(F)F)c6)C(=O)C45)C32)cc1. The van der Waals surface area contributed by atoms with Gasteiger partial charge in [0.15, 0.2) is 0 Å². The zero-order valence-electron chi connectivity index (χ0n) is 24.2. The van der Waals surface area contributed by atoms with Crippen LogP contribution in [-0.2, 0) is 22.4 Å². The number of aromatic nitrogens is 1. The zero-order chi connectivity index (χ0) is 32.1. The molecule has 3 heterocycles. The van der Waals surface area contributed by atoms with Crippen LogP contribution in [0.3, 0.4) is 0 Å². The fourth-order valence-corrected chi connectivity index (χ4v) is 11.2. The van der Waals surface area contributed by atoms with Gasteiger partial charge in [-0.1, -0.05) is 58.8 Å². The second-order valence-electron chi connectivity index (χ2n) is 12.5. The van der Waals surface area contributed by atoms with E-state index in [0.717, 1.165) is 55.0 Å². The molecular formula is C34H26ClF3N2O4S2. The third kappa shape index (κ3) is 4.65. The third-order valence-electron chi connectivity index (χ3n) is 9.98. The van der Waals surface area contributed by atoms with E-state index in [4.69, 9.17) is 16.3 Å². The minimum absolute atomic E-state index is 0.0594. The summed E-state index contributed by atoms with van der Waals surface area (Å²) in [6.45, 7) is 2.33. The quantitative estimate of drug-likeness (QED) is 0.219. The van der Waals surface area contributed by atoms with E-state index in [-0.39, 0.29) is 39.5 Å². The highest BCUT2D eigenvalue weighted by Gasteiger charge is 2.70.